The Morgan fingerprint density at radius 1 is 1.12 bits per heavy atom. The van der Waals surface area contributed by atoms with Crippen LogP contribution in [0.1, 0.15) is 22.8 Å². The van der Waals surface area contributed by atoms with Gasteiger partial charge in [-0.05, 0) is 48.9 Å². The van der Waals surface area contributed by atoms with Crippen molar-refractivity contribution in [2.45, 2.75) is 13.5 Å². The predicted molar refractivity (Wildman–Crippen MR) is 114 cm³/mol. The molecule has 2 heterocycles. The second-order valence-electron chi connectivity index (χ2n) is 6.64. The van der Waals surface area contributed by atoms with Crippen molar-refractivity contribution in [1.82, 2.24) is 9.97 Å². The number of anilines is 3. The first-order valence-electron chi connectivity index (χ1n) is 9.71. The molecule has 0 unspecified atom stereocenters. The van der Waals surface area contributed by atoms with Crippen molar-refractivity contribution in [3.63, 3.8) is 0 Å². The van der Waals surface area contributed by atoms with E-state index in [2.05, 4.69) is 20.6 Å². The number of nitrogens with zero attached hydrogens (tertiary/aromatic N) is 3. The summed E-state index contributed by atoms with van der Waals surface area (Å²) in [5.41, 5.74) is 1.43. The van der Waals surface area contributed by atoms with Gasteiger partial charge in [0.1, 0.15) is 6.33 Å². The molecule has 0 amide bonds. The third-order valence-electron chi connectivity index (χ3n) is 4.56. The van der Waals surface area contributed by atoms with E-state index < -0.39 is 10.9 Å². The van der Waals surface area contributed by atoms with Gasteiger partial charge in [0, 0.05) is 12.2 Å². The van der Waals surface area contributed by atoms with Crippen molar-refractivity contribution in [3.05, 3.63) is 70.0 Å². The van der Waals surface area contributed by atoms with E-state index in [0.29, 0.717) is 22.7 Å². The number of ether oxygens (including phenoxy) is 3. The van der Waals surface area contributed by atoms with Gasteiger partial charge in [-0.25, -0.2) is 14.8 Å². The summed E-state index contributed by atoms with van der Waals surface area (Å²) in [4.78, 5) is 31.0. The number of aromatic nitrogens is 2. The van der Waals surface area contributed by atoms with Gasteiger partial charge in [0.2, 0.25) is 18.4 Å². The zero-order valence-corrected chi connectivity index (χ0v) is 17.0. The van der Waals surface area contributed by atoms with Crippen LogP contribution in [0.15, 0.2) is 48.8 Å². The Morgan fingerprint density at radius 2 is 1.88 bits per heavy atom. The minimum atomic E-state index is -0.558. The number of hydrogen-bond donors (Lipinski definition) is 2. The fourth-order valence-electron chi connectivity index (χ4n) is 3.05. The summed E-state index contributed by atoms with van der Waals surface area (Å²) in [7, 11) is 0. The summed E-state index contributed by atoms with van der Waals surface area (Å²) in [6.07, 6.45) is 1.23. The molecule has 2 aromatic carbocycles. The molecular weight excluding hydrogens is 418 g/mol. The average molecular weight is 437 g/mol. The lowest BCUT2D eigenvalue weighted by Crippen LogP contribution is -2.08. The monoisotopic (exact) mass is 437 g/mol. The molecule has 3 aromatic rings. The van der Waals surface area contributed by atoms with E-state index in [9.17, 15) is 14.9 Å². The summed E-state index contributed by atoms with van der Waals surface area (Å²) in [5, 5.41) is 17.6. The highest BCUT2D eigenvalue weighted by Gasteiger charge is 2.23. The van der Waals surface area contributed by atoms with E-state index in [1.54, 1.807) is 43.3 Å². The smallest absolute Gasteiger partial charge is 0.353 e. The first-order chi connectivity index (χ1) is 15.5. The SMILES string of the molecule is CCOC(=O)c1ccc(Nc2ncnc(NCc3ccc4c(c3)OCO4)c2[N+](=O)[O-])cc1. The van der Waals surface area contributed by atoms with Crippen molar-refractivity contribution in [2.75, 3.05) is 24.0 Å². The molecule has 1 aliphatic heterocycles. The van der Waals surface area contributed by atoms with Gasteiger partial charge in [-0.15, -0.1) is 0 Å². The van der Waals surface area contributed by atoms with Crippen molar-refractivity contribution < 1.29 is 23.9 Å². The maximum atomic E-state index is 11.8. The quantitative estimate of drug-likeness (QED) is 0.305. The molecule has 1 aliphatic rings. The fraction of sp³-hybridized carbons (Fsp3) is 0.190. The van der Waals surface area contributed by atoms with Gasteiger partial charge in [-0.2, -0.15) is 0 Å². The zero-order chi connectivity index (χ0) is 22.5. The van der Waals surface area contributed by atoms with Crippen LogP contribution in [-0.4, -0.2) is 34.3 Å². The molecule has 0 saturated carbocycles. The van der Waals surface area contributed by atoms with Gasteiger partial charge >= 0.3 is 11.7 Å². The standard InChI is InChI=1S/C21H19N5O6/c1-2-30-21(27)14-4-6-15(7-5-14)25-20-18(26(28)29)19(23-11-24-20)22-10-13-3-8-16-17(9-13)32-12-31-16/h3-9,11H,2,10,12H2,1H3,(H2,22,23,24,25). The molecule has 0 saturated heterocycles. The van der Waals surface area contributed by atoms with E-state index in [1.807, 2.05) is 6.07 Å². The number of fused-ring (bicyclic) bond motifs is 1. The minimum absolute atomic E-state index is 0.0158. The van der Waals surface area contributed by atoms with Crippen LogP contribution in [0.25, 0.3) is 0 Å². The van der Waals surface area contributed by atoms with Crippen molar-refractivity contribution in [1.29, 1.82) is 0 Å². The molecule has 2 N–H and O–H groups in total. The van der Waals surface area contributed by atoms with Crippen molar-refractivity contribution in [2.24, 2.45) is 0 Å². The Balaban J connectivity index is 1.51. The number of carbonyl (C=O) groups is 1. The predicted octanol–water partition coefficient (Wildman–Crippen LogP) is 3.65. The Hall–Kier alpha value is -4.41. The Bertz CT molecular complexity index is 1150. The Kier molecular flexibility index (Phi) is 5.97. The molecule has 0 aliphatic carbocycles. The number of hydrogen-bond acceptors (Lipinski definition) is 10. The van der Waals surface area contributed by atoms with E-state index >= 15 is 0 Å². The van der Waals surface area contributed by atoms with Gasteiger partial charge in [0.05, 0.1) is 17.1 Å². The molecule has 32 heavy (non-hydrogen) atoms. The van der Waals surface area contributed by atoms with Crippen LogP contribution in [0, 0.1) is 10.1 Å². The second-order valence-corrected chi connectivity index (χ2v) is 6.64. The number of nitrogens with one attached hydrogen (secondary N) is 2. The molecule has 0 bridgehead atoms. The maximum absolute atomic E-state index is 11.8. The van der Waals surface area contributed by atoms with Gasteiger partial charge < -0.3 is 24.8 Å². The number of rotatable bonds is 8. The van der Waals surface area contributed by atoms with E-state index in [0.717, 1.165) is 5.56 Å². The molecule has 164 valence electrons. The molecule has 11 nitrogen and oxygen atoms in total. The Labute approximate surface area is 182 Å². The first kappa shape index (κ1) is 20.8. The van der Waals surface area contributed by atoms with Crippen LogP contribution in [0.5, 0.6) is 11.5 Å². The van der Waals surface area contributed by atoms with Crippen LogP contribution >= 0.6 is 0 Å². The fourth-order valence-corrected chi connectivity index (χ4v) is 3.05. The highest BCUT2D eigenvalue weighted by atomic mass is 16.7. The van der Waals surface area contributed by atoms with E-state index in [-0.39, 0.29) is 37.3 Å². The van der Waals surface area contributed by atoms with Gasteiger partial charge in [0.15, 0.2) is 11.5 Å². The van der Waals surface area contributed by atoms with Crippen LogP contribution in [0.3, 0.4) is 0 Å². The number of benzene rings is 2. The largest absolute Gasteiger partial charge is 0.462 e. The molecule has 1 aromatic heterocycles. The molecular formula is C21H19N5O6. The van der Waals surface area contributed by atoms with Gasteiger partial charge in [-0.1, -0.05) is 6.07 Å². The normalized spacial score (nSPS) is 11.7. The maximum Gasteiger partial charge on any atom is 0.353 e. The lowest BCUT2D eigenvalue weighted by atomic mass is 10.2. The molecule has 0 fully saturated rings. The summed E-state index contributed by atoms with van der Waals surface area (Å²) >= 11 is 0. The molecule has 4 rings (SSSR count). The highest BCUT2D eigenvalue weighted by Crippen LogP contribution is 2.34. The minimum Gasteiger partial charge on any atom is -0.462 e. The summed E-state index contributed by atoms with van der Waals surface area (Å²) in [6.45, 7) is 2.44. The lowest BCUT2D eigenvalue weighted by molar-refractivity contribution is -0.383. The van der Waals surface area contributed by atoms with Gasteiger partial charge in [-0.3, -0.25) is 10.1 Å². The van der Waals surface area contributed by atoms with Gasteiger partial charge in [0.25, 0.3) is 0 Å². The summed E-state index contributed by atoms with van der Waals surface area (Å²) < 4.78 is 15.6. The average Bonchev–Trinajstić information content (AvgIpc) is 3.26. The lowest BCUT2D eigenvalue weighted by Gasteiger charge is -2.11. The van der Waals surface area contributed by atoms with Crippen molar-refractivity contribution in [3.8, 4) is 11.5 Å². The molecule has 0 atom stereocenters. The number of nitro groups is 1. The first-order valence-corrected chi connectivity index (χ1v) is 9.71. The van der Waals surface area contributed by atoms with Crippen LogP contribution in [-0.2, 0) is 11.3 Å². The molecule has 0 spiro atoms. The number of carbonyl (C=O) groups excluding carboxylic acids is 1. The molecule has 11 heteroatoms. The van der Waals surface area contributed by atoms with E-state index in [1.165, 1.54) is 6.33 Å². The van der Waals surface area contributed by atoms with Crippen LogP contribution < -0.4 is 20.1 Å². The van der Waals surface area contributed by atoms with Crippen LogP contribution in [0.2, 0.25) is 0 Å². The third kappa shape index (κ3) is 4.51. The van der Waals surface area contributed by atoms with Crippen LogP contribution in [0.4, 0.5) is 23.0 Å². The summed E-state index contributed by atoms with van der Waals surface area (Å²) in [5.74, 6) is 0.912. The van der Waals surface area contributed by atoms with E-state index in [4.69, 9.17) is 14.2 Å². The van der Waals surface area contributed by atoms with Crippen molar-refractivity contribution >= 4 is 29.0 Å². The highest BCUT2D eigenvalue weighted by molar-refractivity contribution is 5.90. The summed E-state index contributed by atoms with van der Waals surface area (Å²) in [6, 6.07) is 11.7. The third-order valence-corrected chi connectivity index (χ3v) is 4.56. The second kappa shape index (κ2) is 9.16. The number of esters is 1. The molecule has 0 radical (unpaired) electrons. The zero-order valence-electron chi connectivity index (χ0n) is 17.0. The topological polar surface area (TPSA) is 138 Å². The Morgan fingerprint density at radius 3 is 2.62 bits per heavy atom.